The van der Waals surface area contributed by atoms with Crippen LogP contribution in [0.4, 0.5) is 0 Å². The van der Waals surface area contributed by atoms with Gasteiger partial charge in [-0.25, -0.2) is 4.79 Å². The molecule has 4 rings (SSSR count). The maximum atomic E-state index is 12.1. The van der Waals surface area contributed by atoms with Gasteiger partial charge in [-0.1, -0.05) is 0 Å². The summed E-state index contributed by atoms with van der Waals surface area (Å²) in [6.07, 6.45) is 8.02. The summed E-state index contributed by atoms with van der Waals surface area (Å²) in [5.41, 5.74) is 0.325. The molecule has 4 saturated carbocycles. The molecule has 0 atom stereocenters. The summed E-state index contributed by atoms with van der Waals surface area (Å²) in [6.45, 7) is 0.276. The second-order valence-electron chi connectivity index (χ2n) is 7.55. The number of carboxylic acids is 1. The lowest BCUT2D eigenvalue weighted by atomic mass is 9.49. The average Bonchev–Trinajstić information content (AvgIpc) is 2.35. The molecule has 4 fully saturated rings. The van der Waals surface area contributed by atoms with E-state index in [1.54, 1.807) is 4.90 Å². The zero-order chi connectivity index (χ0) is 15.0. The number of likely N-dealkylation sites (N-methyl/N-ethyl adjacent to an activating group) is 1. The number of carbonyl (C=O) groups excluding carboxylic acids is 1. The monoisotopic (exact) mass is 295 g/mol. The van der Waals surface area contributed by atoms with E-state index >= 15 is 0 Å². The van der Waals surface area contributed by atoms with Gasteiger partial charge in [0.15, 0.2) is 0 Å². The maximum absolute atomic E-state index is 12.1. The molecule has 0 aromatic carbocycles. The third kappa shape index (κ3) is 3.23. The first-order valence-corrected chi connectivity index (χ1v) is 7.99. The minimum absolute atomic E-state index is 0.105. The van der Waals surface area contributed by atoms with E-state index in [9.17, 15) is 9.59 Å². The number of nitrogens with zero attached hydrogens (tertiary/aromatic N) is 1. The van der Waals surface area contributed by atoms with Gasteiger partial charge in [0.05, 0.1) is 0 Å². The normalized spacial score (nSPS) is 36.7. The summed E-state index contributed by atoms with van der Waals surface area (Å²) in [5.74, 6) is 1.49. The van der Waals surface area contributed by atoms with Gasteiger partial charge < -0.3 is 14.7 Å². The molecule has 0 saturated heterocycles. The summed E-state index contributed by atoms with van der Waals surface area (Å²) < 4.78 is 4.91. The molecule has 4 aliphatic carbocycles. The highest BCUT2D eigenvalue weighted by Crippen LogP contribution is 2.60. The molecule has 5 nitrogen and oxygen atoms in total. The Hall–Kier alpha value is -1.10. The number of hydrogen-bond donors (Lipinski definition) is 1. The van der Waals surface area contributed by atoms with E-state index in [2.05, 4.69) is 0 Å². The van der Waals surface area contributed by atoms with Crippen LogP contribution in [0.25, 0.3) is 0 Å². The molecule has 118 valence electrons. The third-order valence-electron chi connectivity index (χ3n) is 5.61. The molecule has 0 aliphatic heterocycles. The highest BCUT2D eigenvalue weighted by molar-refractivity contribution is 5.77. The summed E-state index contributed by atoms with van der Waals surface area (Å²) in [6, 6.07) is 0. The standard InChI is InChI=1S/C16H25NO4/c1-17(14(18)8-21-9-15(19)20)10-16-5-11-2-12(6-16)4-13(3-11)7-16/h11-13H,2-10H2,1H3,(H,19,20). The number of aliphatic carboxylic acids is 1. The molecular formula is C16H25NO4. The SMILES string of the molecule is CN(CC12CC3CC(CC(C3)C1)C2)C(=O)COCC(=O)O. The molecule has 0 spiro atoms. The van der Waals surface area contributed by atoms with Crippen LogP contribution in [0.2, 0.25) is 0 Å². The molecule has 4 bridgehead atoms. The molecule has 0 aromatic heterocycles. The minimum atomic E-state index is -1.04. The summed E-state index contributed by atoms with van der Waals surface area (Å²) in [4.78, 5) is 24.2. The molecular weight excluding hydrogens is 270 g/mol. The van der Waals surface area contributed by atoms with Crippen molar-refractivity contribution < 1.29 is 19.4 Å². The lowest BCUT2D eigenvalue weighted by Gasteiger charge is -2.57. The van der Waals surface area contributed by atoms with Crippen molar-refractivity contribution in [2.24, 2.45) is 23.2 Å². The smallest absolute Gasteiger partial charge is 0.329 e. The fourth-order valence-corrected chi connectivity index (χ4v) is 5.41. The lowest BCUT2D eigenvalue weighted by Crippen LogP contribution is -2.51. The maximum Gasteiger partial charge on any atom is 0.329 e. The number of amides is 1. The Bertz CT molecular complexity index is 399. The Labute approximate surface area is 125 Å². The Morgan fingerprint density at radius 2 is 1.62 bits per heavy atom. The van der Waals surface area contributed by atoms with Crippen molar-refractivity contribution in [1.82, 2.24) is 4.90 Å². The molecule has 4 aliphatic rings. The molecule has 0 radical (unpaired) electrons. The van der Waals surface area contributed by atoms with Crippen LogP contribution in [0.15, 0.2) is 0 Å². The molecule has 21 heavy (non-hydrogen) atoms. The van der Waals surface area contributed by atoms with Crippen LogP contribution < -0.4 is 0 Å². The number of ether oxygens (including phenoxy) is 1. The zero-order valence-corrected chi connectivity index (χ0v) is 12.7. The third-order valence-corrected chi connectivity index (χ3v) is 5.61. The summed E-state index contributed by atoms with van der Waals surface area (Å²) >= 11 is 0. The van der Waals surface area contributed by atoms with Crippen LogP contribution in [0.5, 0.6) is 0 Å². The van der Waals surface area contributed by atoms with E-state index < -0.39 is 12.6 Å². The van der Waals surface area contributed by atoms with Gasteiger partial charge in [0.25, 0.3) is 0 Å². The van der Waals surface area contributed by atoms with Crippen LogP contribution >= 0.6 is 0 Å². The molecule has 0 heterocycles. The van der Waals surface area contributed by atoms with Crippen LogP contribution in [0.3, 0.4) is 0 Å². The van der Waals surface area contributed by atoms with Gasteiger partial charge >= 0.3 is 5.97 Å². The second kappa shape index (κ2) is 5.59. The van der Waals surface area contributed by atoms with E-state index in [4.69, 9.17) is 9.84 Å². The topological polar surface area (TPSA) is 66.8 Å². The van der Waals surface area contributed by atoms with Crippen LogP contribution in [0.1, 0.15) is 38.5 Å². The van der Waals surface area contributed by atoms with Crippen LogP contribution in [-0.4, -0.2) is 48.7 Å². The van der Waals surface area contributed by atoms with Crippen molar-refractivity contribution in [2.45, 2.75) is 38.5 Å². The van der Waals surface area contributed by atoms with Gasteiger partial charge in [-0.3, -0.25) is 4.79 Å². The Morgan fingerprint density at radius 3 is 2.10 bits per heavy atom. The van der Waals surface area contributed by atoms with Gasteiger partial charge in [0.2, 0.25) is 5.91 Å². The Balaban J connectivity index is 1.53. The summed E-state index contributed by atoms with van der Waals surface area (Å²) in [5, 5.41) is 8.53. The van der Waals surface area contributed by atoms with Crippen molar-refractivity contribution in [3.63, 3.8) is 0 Å². The molecule has 0 unspecified atom stereocenters. The first kappa shape index (κ1) is 14.8. The Morgan fingerprint density at radius 1 is 1.10 bits per heavy atom. The molecule has 5 heteroatoms. The number of carboxylic acid groups (broad SMARTS) is 1. The summed E-state index contributed by atoms with van der Waals surface area (Å²) in [7, 11) is 1.82. The fourth-order valence-electron chi connectivity index (χ4n) is 5.41. The van der Waals surface area contributed by atoms with Gasteiger partial charge in [0.1, 0.15) is 13.2 Å². The quantitative estimate of drug-likeness (QED) is 0.811. The van der Waals surface area contributed by atoms with Crippen molar-refractivity contribution in [1.29, 1.82) is 0 Å². The average molecular weight is 295 g/mol. The van der Waals surface area contributed by atoms with Gasteiger partial charge in [0, 0.05) is 13.6 Å². The van der Waals surface area contributed by atoms with E-state index in [0.717, 1.165) is 24.3 Å². The van der Waals surface area contributed by atoms with Gasteiger partial charge in [-0.2, -0.15) is 0 Å². The first-order valence-electron chi connectivity index (χ1n) is 7.99. The van der Waals surface area contributed by atoms with Crippen LogP contribution in [-0.2, 0) is 14.3 Å². The predicted octanol–water partition coefficient (Wildman–Crippen LogP) is 1.76. The minimum Gasteiger partial charge on any atom is -0.480 e. The molecule has 1 amide bonds. The molecule has 1 N–H and O–H groups in total. The first-order chi connectivity index (χ1) is 9.96. The highest BCUT2D eigenvalue weighted by Gasteiger charge is 2.51. The fraction of sp³-hybridized carbons (Fsp3) is 0.875. The van der Waals surface area contributed by atoms with Gasteiger partial charge in [-0.05, 0) is 61.7 Å². The largest absolute Gasteiger partial charge is 0.480 e. The highest BCUT2D eigenvalue weighted by atomic mass is 16.5. The predicted molar refractivity (Wildman–Crippen MR) is 76.7 cm³/mol. The van der Waals surface area contributed by atoms with E-state index in [1.807, 2.05) is 7.05 Å². The number of hydrogen-bond acceptors (Lipinski definition) is 3. The van der Waals surface area contributed by atoms with Crippen molar-refractivity contribution in [3.05, 3.63) is 0 Å². The van der Waals surface area contributed by atoms with Crippen molar-refractivity contribution in [3.8, 4) is 0 Å². The van der Waals surface area contributed by atoms with Crippen LogP contribution in [0, 0.1) is 23.2 Å². The van der Waals surface area contributed by atoms with E-state index in [-0.39, 0.29) is 12.5 Å². The van der Waals surface area contributed by atoms with E-state index in [0.29, 0.717) is 5.41 Å². The van der Waals surface area contributed by atoms with Gasteiger partial charge in [-0.15, -0.1) is 0 Å². The van der Waals surface area contributed by atoms with E-state index in [1.165, 1.54) is 38.5 Å². The molecule has 0 aromatic rings. The number of rotatable bonds is 6. The number of carbonyl (C=O) groups is 2. The second-order valence-corrected chi connectivity index (χ2v) is 7.55. The lowest BCUT2D eigenvalue weighted by molar-refractivity contribution is -0.147. The Kier molecular flexibility index (Phi) is 3.95. The van der Waals surface area contributed by atoms with Crippen molar-refractivity contribution in [2.75, 3.05) is 26.8 Å². The zero-order valence-electron chi connectivity index (χ0n) is 12.7. The van der Waals surface area contributed by atoms with Crippen molar-refractivity contribution >= 4 is 11.9 Å².